The maximum Gasteiger partial charge on any atom is 0.425 e. The number of thiophene rings is 1. The minimum absolute atomic E-state index is 0.233. The van der Waals surface area contributed by atoms with Crippen LogP contribution < -0.4 is 0 Å². The molecule has 2 aromatic rings. The zero-order valence-electron chi connectivity index (χ0n) is 11.3. The second kappa shape index (κ2) is 5.10. The van der Waals surface area contributed by atoms with E-state index in [1.165, 1.54) is 4.68 Å². The molecule has 3 rings (SSSR count). The van der Waals surface area contributed by atoms with Gasteiger partial charge in [-0.15, -0.1) is 16.4 Å². The van der Waals surface area contributed by atoms with E-state index in [4.69, 9.17) is 0 Å². The van der Waals surface area contributed by atoms with E-state index >= 15 is 0 Å². The third kappa shape index (κ3) is 3.11. The van der Waals surface area contributed by atoms with E-state index in [9.17, 15) is 18.3 Å². The van der Waals surface area contributed by atoms with Crippen LogP contribution in [0.2, 0.25) is 0 Å². The lowest BCUT2D eigenvalue weighted by atomic mass is 10.2. The average Bonchev–Trinajstić information content (AvgIpc) is 3.04. The molecule has 2 heterocycles. The van der Waals surface area contributed by atoms with Crippen LogP contribution in [-0.4, -0.2) is 20.1 Å². The molecule has 0 spiro atoms. The number of nitrogens with zero attached hydrogens (tertiary/aromatic N) is 3. The normalized spacial score (nSPS) is 17.2. The lowest BCUT2D eigenvalue weighted by Crippen LogP contribution is -2.01. The molecule has 2 aromatic heterocycles. The molecule has 21 heavy (non-hydrogen) atoms. The molecule has 8 heteroatoms. The number of halogens is 3. The van der Waals surface area contributed by atoms with Gasteiger partial charge in [-0.1, -0.05) is 5.21 Å². The summed E-state index contributed by atoms with van der Waals surface area (Å²) in [4.78, 5) is -0.00644. The summed E-state index contributed by atoms with van der Waals surface area (Å²) in [5.74, 6) is 0.246. The smallest absolute Gasteiger partial charge is 0.386 e. The minimum Gasteiger partial charge on any atom is -0.386 e. The first-order valence-corrected chi connectivity index (χ1v) is 7.41. The van der Waals surface area contributed by atoms with Crippen LogP contribution in [0, 0.1) is 12.8 Å². The molecule has 0 bridgehead atoms. The van der Waals surface area contributed by atoms with Crippen molar-refractivity contribution < 1.29 is 18.3 Å². The first kappa shape index (κ1) is 14.5. The fourth-order valence-corrected chi connectivity index (χ4v) is 3.18. The molecular weight excluding hydrogens is 303 g/mol. The number of aryl methyl sites for hydroxylation is 1. The van der Waals surface area contributed by atoms with Crippen LogP contribution in [0.4, 0.5) is 13.2 Å². The summed E-state index contributed by atoms with van der Waals surface area (Å²) >= 11 is 0.721. The summed E-state index contributed by atoms with van der Waals surface area (Å²) in [6.07, 6.45) is -1.37. The monoisotopic (exact) mass is 317 g/mol. The van der Waals surface area contributed by atoms with Crippen LogP contribution in [0.5, 0.6) is 0 Å². The Hall–Kier alpha value is -1.41. The van der Waals surface area contributed by atoms with Gasteiger partial charge in [-0.3, -0.25) is 0 Å². The third-order valence-electron chi connectivity index (χ3n) is 3.53. The highest BCUT2D eigenvalue weighted by atomic mass is 32.1. The Morgan fingerprint density at radius 3 is 2.76 bits per heavy atom. The lowest BCUT2D eigenvalue weighted by molar-refractivity contribution is -0.134. The fraction of sp³-hybridized carbons (Fsp3) is 0.538. The molecule has 0 aromatic carbocycles. The standard InChI is InChI=1S/C13H14F3N3OS/c1-7-4-11(13(14,15)16)21-10(7)6-19-5-9(17-18-19)12(20)8-2-3-8/h4-5,8,12,20H,2-3,6H2,1H3/t12-/m0/s1. The van der Waals surface area contributed by atoms with Crippen molar-refractivity contribution in [3.05, 3.63) is 33.3 Å². The highest BCUT2D eigenvalue weighted by Gasteiger charge is 2.34. The second-order valence-corrected chi connectivity index (χ2v) is 6.47. The van der Waals surface area contributed by atoms with E-state index in [-0.39, 0.29) is 12.5 Å². The Balaban J connectivity index is 1.76. The third-order valence-corrected chi connectivity index (χ3v) is 4.80. The number of hydrogen-bond acceptors (Lipinski definition) is 4. The zero-order chi connectivity index (χ0) is 15.2. The molecule has 1 saturated carbocycles. The molecular formula is C13H14F3N3OS. The minimum atomic E-state index is -4.32. The highest BCUT2D eigenvalue weighted by Crippen LogP contribution is 2.40. The summed E-state index contributed by atoms with van der Waals surface area (Å²) < 4.78 is 39.5. The first-order valence-electron chi connectivity index (χ1n) is 6.59. The van der Waals surface area contributed by atoms with Gasteiger partial charge in [-0.05, 0) is 37.3 Å². The van der Waals surface area contributed by atoms with Crippen molar-refractivity contribution >= 4 is 11.3 Å². The van der Waals surface area contributed by atoms with Crippen LogP contribution in [0.15, 0.2) is 12.3 Å². The number of aliphatic hydroxyl groups is 1. The summed E-state index contributed by atoms with van der Waals surface area (Å²) in [7, 11) is 0. The SMILES string of the molecule is Cc1cc(C(F)(F)F)sc1Cn1cc([C@@H](O)C2CC2)nn1. The van der Waals surface area contributed by atoms with Gasteiger partial charge in [0.05, 0.1) is 12.7 Å². The van der Waals surface area contributed by atoms with Crippen LogP contribution in [-0.2, 0) is 12.7 Å². The summed E-state index contributed by atoms with van der Waals surface area (Å²) in [5, 5.41) is 17.7. The molecule has 0 saturated heterocycles. The van der Waals surface area contributed by atoms with E-state index in [0.29, 0.717) is 16.1 Å². The van der Waals surface area contributed by atoms with Gasteiger partial charge in [-0.25, -0.2) is 4.68 Å². The summed E-state index contributed by atoms with van der Waals surface area (Å²) in [5.41, 5.74) is 1.08. The summed E-state index contributed by atoms with van der Waals surface area (Å²) in [6.45, 7) is 1.88. The molecule has 4 nitrogen and oxygen atoms in total. The Bertz CT molecular complexity index is 645. The van der Waals surface area contributed by atoms with Gasteiger partial charge in [0.15, 0.2) is 0 Å². The van der Waals surface area contributed by atoms with Crippen molar-refractivity contribution in [2.24, 2.45) is 5.92 Å². The van der Waals surface area contributed by atoms with Gasteiger partial charge in [0.2, 0.25) is 0 Å². The first-order chi connectivity index (χ1) is 9.84. The van der Waals surface area contributed by atoms with Gasteiger partial charge in [-0.2, -0.15) is 13.2 Å². The van der Waals surface area contributed by atoms with E-state index in [1.54, 1.807) is 13.1 Å². The maximum atomic E-state index is 12.7. The molecule has 0 aliphatic heterocycles. The topological polar surface area (TPSA) is 50.9 Å². The van der Waals surface area contributed by atoms with Crippen LogP contribution in [0.1, 0.15) is 40.0 Å². The van der Waals surface area contributed by atoms with Crippen molar-refractivity contribution in [1.29, 1.82) is 0 Å². The fourth-order valence-electron chi connectivity index (χ4n) is 2.14. The van der Waals surface area contributed by atoms with E-state index in [2.05, 4.69) is 10.3 Å². The number of hydrogen-bond donors (Lipinski definition) is 1. The van der Waals surface area contributed by atoms with Crippen LogP contribution in [0.25, 0.3) is 0 Å². The second-order valence-electron chi connectivity index (χ2n) is 5.34. The molecule has 1 atom stereocenters. The Kier molecular flexibility index (Phi) is 3.53. The number of aromatic nitrogens is 3. The maximum absolute atomic E-state index is 12.7. The molecule has 0 amide bonds. The molecule has 1 aliphatic rings. The number of aliphatic hydroxyl groups excluding tert-OH is 1. The molecule has 0 radical (unpaired) electrons. The van der Waals surface area contributed by atoms with Crippen molar-refractivity contribution in [2.75, 3.05) is 0 Å². The van der Waals surface area contributed by atoms with Gasteiger partial charge in [0.1, 0.15) is 16.7 Å². The molecule has 114 valence electrons. The molecule has 1 fully saturated rings. The number of rotatable bonds is 4. The van der Waals surface area contributed by atoms with Gasteiger partial charge in [0, 0.05) is 4.88 Å². The van der Waals surface area contributed by atoms with Crippen molar-refractivity contribution in [3.8, 4) is 0 Å². The Labute approximate surface area is 123 Å². The predicted molar refractivity (Wildman–Crippen MR) is 70.9 cm³/mol. The Morgan fingerprint density at radius 1 is 1.48 bits per heavy atom. The lowest BCUT2D eigenvalue weighted by Gasteiger charge is -2.03. The average molecular weight is 317 g/mol. The van der Waals surface area contributed by atoms with Crippen molar-refractivity contribution in [2.45, 2.75) is 38.6 Å². The van der Waals surface area contributed by atoms with E-state index in [1.807, 2.05) is 0 Å². The largest absolute Gasteiger partial charge is 0.425 e. The van der Waals surface area contributed by atoms with Gasteiger partial charge >= 0.3 is 6.18 Å². The van der Waals surface area contributed by atoms with Crippen LogP contribution >= 0.6 is 11.3 Å². The van der Waals surface area contributed by atoms with E-state index in [0.717, 1.165) is 30.2 Å². The van der Waals surface area contributed by atoms with Gasteiger partial charge < -0.3 is 5.11 Å². The molecule has 1 N–H and O–H groups in total. The zero-order valence-corrected chi connectivity index (χ0v) is 12.1. The Morgan fingerprint density at radius 2 is 2.19 bits per heavy atom. The van der Waals surface area contributed by atoms with Gasteiger partial charge in [0.25, 0.3) is 0 Å². The predicted octanol–water partition coefficient (Wildman–Crippen LogP) is 3.16. The van der Waals surface area contributed by atoms with E-state index < -0.39 is 17.2 Å². The highest BCUT2D eigenvalue weighted by molar-refractivity contribution is 7.12. The quantitative estimate of drug-likeness (QED) is 0.942. The van der Waals surface area contributed by atoms with Crippen molar-refractivity contribution in [3.63, 3.8) is 0 Å². The molecule has 1 aliphatic carbocycles. The summed E-state index contributed by atoms with van der Waals surface area (Å²) in [6, 6.07) is 1.15. The number of alkyl halides is 3. The van der Waals surface area contributed by atoms with Crippen LogP contribution in [0.3, 0.4) is 0 Å². The van der Waals surface area contributed by atoms with Crippen molar-refractivity contribution in [1.82, 2.24) is 15.0 Å². The molecule has 0 unspecified atom stereocenters.